The molecule has 1 fully saturated rings. The fraction of sp³-hybridized carbons (Fsp3) is 0.556. The SMILES string of the molecule is CCCCN1C[C@@H](C)N([C@H](c2ccc(S(=O)(=O)N(CC)CC)cc2)c2cccc(O)c2)C[C@@H]1C. The number of rotatable bonds is 10. The fourth-order valence-electron chi connectivity index (χ4n) is 5.06. The Kier molecular flexibility index (Phi) is 9.15. The van der Waals surface area contributed by atoms with Gasteiger partial charge in [0.2, 0.25) is 10.0 Å². The van der Waals surface area contributed by atoms with Gasteiger partial charge in [-0.1, -0.05) is 51.5 Å². The van der Waals surface area contributed by atoms with Crippen LogP contribution in [0.1, 0.15) is 64.6 Å². The Hall–Kier alpha value is -1.93. The molecule has 3 atom stereocenters. The lowest BCUT2D eigenvalue weighted by Gasteiger charge is -2.47. The topological polar surface area (TPSA) is 64.1 Å². The van der Waals surface area contributed by atoms with Crippen LogP contribution < -0.4 is 0 Å². The highest BCUT2D eigenvalue weighted by atomic mass is 32.2. The molecule has 0 unspecified atom stereocenters. The van der Waals surface area contributed by atoms with Gasteiger partial charge in [0.1, 0.15) is 5.75 Å². The third-order valence-corrected chi connectivity index (χ3v) is 9.08. The molecule has 0 aliphatic carbocycles. The van der Waals surface area contributed by atoms with Crippen LogP contribution in [0.15, 0.2) is 53.4 Å². The van der Waals surface area contributed by atoms with Crippen molar-refractivity contribution in [1.29, 1.82) is 0 Å². The number of phenolic OH excluding ortho intramolecular Hbond substituents is 1. The molecule has 34 heavy (non-hydrogen) atoms. The molecule has 0 saturated carbocycles. The molecular formula is C27H41N3O3S. The van der Waals surface area contributed by atoms with E-state index in [9.17, 15) is 13.5 Å². The summed E-state index contributed by atoms with van der Waals surface area (Å²) in [5, 5.41) is 10.2. The first-order valence-electron chi connectivity index (χ1n) is 12.6. The van der Waals surface area contributed by atoms with Crippen molar-refractivity contribution in [3.63, 3.8) is 0 Å². The summed E-state index contributed by atoms with van der Waals surface area (Å²) in [6.07, 6.45) is 2.39. The third-order valence-electron chi connectivity index (χ3n) is 7.02. The minimum atomic E-state index is -3.50. The molecule has 1 aliphatic heterocycles. The molecule has 188 valence electrons. The molecule has 2 aromatic carbocycles. The van der Waals surface area contributed by atoms with Gasteiger partial charge in [0.15, 0.2) is 0 Å². The number of sulfonamides is 1. The molecule has 0 aromatic heterocycles. The van der Waals surface area contributed by atoms with Gasteiger partial charge in [-0.3, -0.25) is 9.80 Å². The van der Waals surface area contributed by atoms with Crippen molar-refractivity contribution < 1.29 is 13.5 Å². The normalized spacial score (nSPS) is 21.1. The van der Waals surface area contributed by atoms with Crippen molar-refractivity contribution in [2.24, 2.45) is 0 Å². The Labute approximate surface area is 206 Å². The second-order valence-electron chi connectivity index (χ2n) is 9.40. The summed E-state index contributed by atoms with van der Waals surface area (Å²) < 4.78 is 27.5. The van der Waals surface area contributed by atoms with Gasteiger partial charge >= 0.3 is 0 Å². The smallest absolute Gasteiger partial charge is 0.243 e. The second kappa shape index (κ2) is 11.7. The van der Waals surface area contributed by atoms with Crippen LogP contribution in [0.3, 0.4) is 0 Å². The molecular weight excluding hydrogens is 446 g/mol. The molecule has 3 rings (SSSR count). The van der Waals surface area contributed by atoms with Gasteiger partial charge in [-0.25, -0.2) is 8.42 Å². The van der Waals surface area contributed by atoms with Crippen molar-refractivity contribution in [3.8, 4) is 5.75 Å². The minimum absolute atomic E-state index is 0.0666. The molecule has 0 spiro atoms. The highest BCUT2D eigenvalue weighted by Crippen LogP contribution is 2.35. The summed E-state index contributed by atoms with van der Waals surface area (Å²) in [5.41, 5.74) is 2.05. The van der Waals surface area contributed by atoms with E-state index in [0.29, 0.717) is 30.1 Å². The Morgan fingerprint density at radius 3 is 2.24 bits per heavy atom. The van der Waals surface area contributed by atoms with Gasteiger partial charge in [-0.15, -0.1) is 0 Å². The lowest BCUT2D eigenvalue weighted by atomic mass is 9.93. The number of benzene rings is 2. The van der Waals surface area contributed by atoms with Crippen molar-refractivity contribution >= 4 is 10.0 Å². The third kappa shape index (κ3) is 5.82. The number of hydrogen-bond donors (Lipinski definition) is 1. The average Bonchev–Trinajstić information content (AvgIpc) is 2.81. The Balaban J connectivity index is 1.97. The molecule has 7 heteroatoms. The van der Waals surface area contributed by atoms with Gasteiger partial charge in [0.25, 0.3) is 0 Å². The van der Waals surface area contributed by atoms with E-state index in [2.05, 4.69) is 30.6 Å². The first-order valence-corrected chi connectivity index (χ1v) is 14.1. The van der Waals surface area contributed by atoms with E-state index >= 15 is 0 Å². The highest BCUT2D eigenvalue weighted by Gasteiger charge is 2.35. The first-order chi connectivity index (χ1) is 16.2. The van der Waals surface area contributed by atoms with E-state index in [1.54, 1.807) is 18.2 Å². The average molecular weight is 488 g/mol. The van der Waals surface area contributed by atoms with Crippen LogP contribution in [-0.2, 0) is 10.0 Å². The van der Waals surface area contributed by atoms with Crippen LogP contribution in [0.25, 0.3) is 0 Å². The fourth-order valence-corrected chi connectivity index (χ4v) is 6.52. The molecule has 0 bridgehead atoms. The van der Waals surface area contributed by atoms with E-state index in [4.69, 9.17) is 0 Å². The zero-order chi connectivity index (χ0) is 24.9. The molecule has 1 heterocycles. The Morgan fingerprint density at radius 1 is 0.971 bits per heavy atom. The predicted molar refractivity (Wildman–Crippen MR) is 139 cm³/mol. The molecule has 2 aromatic rings. The summed E-state index contributed by atoms with van der Waals surface area (Å²) in [5.74, 6) is 0.241. The standard InChI is InChI=1S/C27H41N3O3S/c1-6-9-17-28-19-22(5)30(20-21(28)4)27(24-11-10-12-25(31)18-24)23-13-15-26(16-14-23)34(32,33)29(7-2)8-3/h10-16,18,21-22,27,31H,6-9,17,19-20H2,1-5H3/t21-,22+,27+/m0/s1. The second-order valence-corrected chi connectivity index (χ2v) is 11.3. The minimum Gasteiger partial charge on any atom is -0.508 e. The van der Waals surface area contributed by atoms with E-state index < -0.39 is 10.0 Å². The summed E-state index contributed by atoms with van der Waals surface area (Å²) in [6.45, 7) is 14.4. The van der Waals surface area contributed by atoms with Crippen LogP contribution in [0, 0.1) is 0 Å². The first kappa shape index (κ1) is 26.7. The Bertz CT molecular complexity index is 1020. The lowest BCUT2D eigenvalue weighted by molar-refractivity contribution is 0.0234. The monoisotopic (exact) mass is 487 g/mol. The van der Waals surface area contributed by atoms with Gasteiger partial charge in [0, 0.05) is 38.3 Å². The number of unbranched alkanes of at least 4 members (excludes halogenated alkanes) is 1. The molecule has 0 radical (unpaired) electrons. The quantitative estimate of drug-likeness (QED) is 0.526. The zero-order valence-electron chi connectivity index (χ0n) is 21.3. The van der Waals surface area contributed by atoms with E-state index in [1.807, 2.05) is 44.2 Å². The molecule has 1 saturated heterocycles. The summed E-state index contributed by atoms with van der Waals surface area (Å²) in [4.78, 5) is 5.39. The van der Waals surface area contributed by atoms with Gasteiger partial charge < -0.3 is 5.11 Å². The summed E-state index contributed by atoms with van der Waals surface area (Å²) in [7, 11) is -3.50. The van der Waals surface area contributed by atoms with Crippen molar-refractivity contribution in [2.75, 3.05) is 32.7 Å². The van der Waals surface area contributed by atoms with Gasteiger partial charge in [-0.05, 0) is 62.2 Å². The molecule has 1 aliphatic rings. The number of hydrogen-bond acceptors (Lipinski definition) is 5. The van der Waals surface area contributed by atoms with E-state index in [0.717, 1.165) is 30.8 Å². The maximum atomic E-state index is 13.0. The van der Waals surface area contributed by atoms with Crippen LogP contribution in [0.4, 0.5) is 0 Å². The van der Waals surface area contributed by atoms with Crippen molar-refractivity contribution in [3.05, 3.63) is 59.7 Å². The predicted octanol–water partition coefficient (Wildman–Crippen LogP) is 4.71. The van der Waals surface area contributed by atoms with Gasteiger partial charge in [-0.2, -0.15) is 4.31 Å². The van der Waals surface area contributed by atoms with Crippen molar-refractivity contribution in [1.82, 2.24) is 14.1 Å². The number of nitrogens with zero attached hydrogens (tertiary/aromatic N) is 3. The number of phenols is 1. The summed E-state index contributed by atoms with van der Waals surface area (Å²) in [6, 6.07) is 15.4. The number of piperazine rings is 1. The molecule has 6 nitrogen and oxygen atoms in total. The lowest BCUT2D eigenvalue weighted by Crippen LogP contribution is -2.57. The van der Waals surface area contributed by atoms with Gasteiger partial charge in [0.05, 0.1) is 10.9 Å². The zero-order valence-corrected chi connectivity index (χ0v) is 22.1. The van der Waals surface area contributed by atoms with Crippen LogP contribution >= 0.6 is 0 Å². The van der Waals surface area contributed by atoms with Crippen molar-refractivity contribution in [2.45, 2.75) is 70.5 Å². The molecule has 1 N–H and O–H groups in total. The van der Waals surface area contributed by atoms with E-state index in [-0.39, 0.29) is 11.8 Å². The number of aromatic hydroxyl groups is 1. The van der Waals surface area contributed by atoms with E-state index in [1.165, 1.54) is 17.1 Å². The summed E-state index contributed by atoms with van der Waals surface area (Å²) >= 11 is 0. The molecule has 0 amide bonds. The highest BCUT2D eigenvalue weighted by molar-refractivity contribution is 7.89. The maximum absolute atomic E-state index is 13.0. The van der Waals surface area contributed by atoms with Crippen LogP contribution in [0.2, 0.25) is 0 Å². The van der Waals surface area contributed by atoms with Crippen LogP contribution in [0.5, 0.6) is 5.75 Å². The van der Waals surface area contributed by atoms with Crippen LogP contribution in [-0.4, -0.2) is 72.4 Å². The largest absolute Gasteiger partial charge is 0.508 e. The maximum Gasteiger partial charge on any atom is 0.243 e. The Morgan fingerprint density at radius 2 is 1.65 bits per heavy atom.